The average molecular weight is 567 g/mol. The largest absolute Gasteiger partial charge is 0.453 e. The smallest absolute Gasteiger partial charge is 0.352 e. The van der Waals surface area contributed by atoms with E-state index in [0.29, 0.717) is 17.2 Å². The minimum Gasteiger partial charge on any atom is -0.453 e. The molecule has 0 unspecified atom stereocenters. The molecule has 6 rings (SSSR count). The average Bonchev–Trinajstić information content (AvgIpc) is 3.64. The molecular weight excluding hydrogens is 543 g/mol. The van der Waals surface area contributed by atoms with Crippen LogP contribution in [0.3, 0.4) is 0 Å². The summed E-state index contributed by atoms with van der Waals surface area (Å²) in [6, 6.07) is 11.8. The lowest BCUT2D eigenvalue weighted by Gasteiger charge is -2.11. The van der Waals surface area contributed by atoms with Gasteiger partial charge >= 0.3 is 5.69 Å². The number of fused-ring (bicyclic) bond motifs is 1. The predicted molar refractivity (Wildman–Crippen MR) is 149 cm³/mol. The number of pyridine rings is 2. The van der Waals surface area contributed by atoms with Crippen molar-refractivity contribution in [3.63, 3.8) is 0 Å². The van der Waals surface area contributed by atoms with E-state index >= 15 is 0 Å². The number of rotatable bonds is 8. The third-order valence-corrected chi connectivity index (χ3v) is 6.53. The normalized spacial score (nSPS) is 11.2. The van der Waals surface area contributed by atoms with E-state index in [9.17, 15) is 18.8 Å². The molecule has 5 heterocycles. The number of Topliss-reactive ketones (excluding diaryl/α,β-unsaturated/α-hetero) is 1. The number of carbonyl (C=O) groups is 1. The Morgan fingerprint density at radius 1 is 1.02 bits per heavy atom. The topological polar surface area (TPSA) is 131 Å². The SMILES string of the molecule is CCn1nc(C(=O)Cc2ccc(Oc3cc(-c4cn(C)cn4)cn4nccc34)cn2)c(=O)n(-c2ccc(F)cc2)c1=O. The van der Waals surface area contributed by atoms with Gasteiger partial charge in [-0.05, 0) is 55.5 Å². The highest BCUT2D eigenvalue weighted by atomic mass is 19.1. The molecule has 1 aromatic carbocycles. The van der Waals surface area contributed by atoms with Crippen LogP contribution in [0, 0.1) is 5.82 Å². The van der Waals surface area contributed by atoms with Gasteiger partial charge < -0.3 is 9.30 Å². The Hall–Kier alpha value is -5.72. The van der Waals surface area contributed by atoms with Crippen LogP contribution < -0.4 is 16.0 Å². The number of hydrogen-bond donors (Lipinski definition) is 0. The molecule has 0 aliphatic heterocycles. The molecule has 0 saturated carbocycles. The summed E-state index contributed by atoms with van der Waals surface area (Å²) in [6.45, 7) is 1.78. The number of carbonyl (C=O) groups excluding carboxylic acids is 1. The Morgan fingerprint density at radius 2 is 1.83 bits per heavy atom. The van der Waals surface area contributed by atoms with E-state index in [1.165, 1.54) is 18.3 Å². The van der Waals surface area contributed by atoms with E-state index in [2.05, 4.69) is 20.2 Å². The van der Waals surface area contributed by atoms with Gasteiger partial charge in [-0.2, -0.15) is 10.2 Å². The Balaban J connectivity index is 1.26. The van der Waals surface area contributed by atoms with Crippen molar-refractivity contribution in [1.29, 1.82) is 0 Å². The molecule has 6 aromatic rings. The first-order valence-corrected chi connectivity index (χ1v) is 12.9. The van der Waals surface area contributed by atoms with Gasteiger partial charge in [0.15, 0.2) is 17.2 Å². The fourth-order valence-corrected chi connectivity index (χ4v) is 4.44. The standard InChI is InChI=1S/C29H23FN8O4/c1-3-36-29(41)38(21-7-4-19(30)5-8-21)28(40)27(34-36)25(39)13-20-6-9-22(14-31-20)42-26-12-18(23-16-35(2)17-32-23)15-37-24(26)10-11-33-37/h4-12,14-17H,3,13H2,1-2H3. The summed E-state index contributed by atoms with van der Waals surface area (Å²) in [6.07, 6.45) is 8.35. The molecule has 0 aliphatic rings. The van der Waals surface area contributed by atoms with Crippen LogP contribution in [-0.2, 0) is 20.0 Å². The Labute approximate surface area is 236 Å². The van der Waals surface area contributed by atoms with Gasteiger partial charge in [-0.3, -0.25) is 14.6 Å². The third kappa shape index (κ3) is 4.98. The molecule has 0 atom stereocenters. The first kappa shape index (κ1) is 26.5. The van der Waals surface area contributed by atoms with E-state index in [0.717, 1.165) is 38.2 Å². The van der Waals surface area contributed by atoms with Crippen LogP contribution in [0.2, 0.25) is 0 Å². The van der Waals surface area contributed by atoms with Crippen LogP contribution in [0.5, 0.6) is 11.5 Å². The van der Waals surface area contributed by atoms with Crippen molar-refractivity contribution in [2.75, 3.05) is 0 Å². The highest BCUT2D eigenvalue weighted by molar-refractivity contribution is 5.95. The zero-order chi connectivity index (χ0) is 29.4. The number of aromatic nitrogens is 8. The van der Waals surface area contributed by atoms with Crippen LogP contribution in [0.25, 0.3) is 22.5 Å². The van der Waals surface area contributed by atoms with Crippen molar-refractivity contribution in [2.24, 2.45) is 7.05 Å². The van der Waals surface area contributed by atoms with Crippen molar-refractivity contribution in [2.45, 2.75) is 19.9 Å². The summed E-state index contributed by atoms with van der Waals surface area (Å²) in [5.74, 6) is -0.192. The monoisotopic (exact) mass is 566 g/mol. The van der Waals surface area contributed by atoms with Gasteiger partial charge in [-0.25, -0.2) is 27.9 Å². The van der Waals surface area contributed by atoms with E-state index in [4.69, 9.17) is 4.74 Å². The molecule has 12 nitrogen and oxygen atoms in total. The fraction of sp³-hybridized carbons (Fsp3) is 0.138. The summed E-state index contributed by atoms with van der Waals surface area (Å²) in [7, 11) is 1.88. The summed E-state index contributed by atoms with van der Waals surface area (Å²) in [4.78, 5) is 47.9. The third-order valence-electron chi connectivity index (χ3n) is 6.53. The van der Waals surface area contributed by atoms with Gasteiger partial charge in [0.05, 0.1) is 36.5 Å². The van der Waals surface area contributed by atoms with E-state index in [-0.39, 0.29) is 18.7 Å². The first-order chi connectivity index (χ1) is 20.3. The van der Waals surface area contributed by atoms with Gasteiger partial charge in [0, 0.05) is 37.2 Å². The van der Waals surface area contributed by atoms with E-state index < -0.39 is 28.5 Å². The molecule has 0 amide bonds. The van der Waals surface area contributed by atoms with Crippen LogP contribution in [0.4, 0.5) is 4.39 Å². The highest BCUT2D eigenvalue weighted by Gasteiger charge is 2.21. The Morgan fingerprint density at radius 3 is 2.52 bits per heavy atom. The number of nitrogens with zero attached hydrogens (tertiary/aromatic N) is 8. The molecule has 0 radical (unpaired) electrons. The quantitative estimate of drug-likeness (QED) is 0.257. The first-order valence-electron chi connectivity index (χ1n) is 12.9. The lowest BCUT2D eigenvalue weighted by atomic mass is 10.1. The zero-order valence-corrected chi connectivity index (χ0v) is 22.5. The van der Waals surface area contributed by atoms with Crippen molar-refractivity contribution >= 4 is 11.3 Å². The second kappa shape index (κ2) is 10.7. The molecule has 42 heavy (non-hydrogen) atoms. The zero-order valence-electron chi connectivity index (χ0n) is 22.5. The van der Waals surface area contributed by atoms with Gasteiger partial charge in [0.1, 0.15) is 17.1 Å². The lowest BCUT2D eigenvalue weighted by molar-refractivity contribution is 0.0982. The summed E-state index contributed by atoms with van der Waals surface area (Å²) < 4.78 is 24.9. The number of imidazole rings is 1. The van der Waals surface area contributed by atoms with Gasteiger partial charge in [0.25, 0.3) is 5.56 Å². The number of hydrogen-bond acceptors (Lipinski definition) is 8. The van der Waals surface area contributed by atoms with E-state index in [1.54, 1.807) is 36.1 Å². The van der Waals surface area contributed by atoms with E-state index in [1.807, 2.05) is 36.1 Å². The molecule has 13 heteroatoms. The minimum absolute atomic E-state index is 0.122. The van der Waals surface area contributed by atoms with Gasteiger partial charge in [-0.15, -0.1) is 0 Å². The maximum atomic E-state index is 13.4. The summed E-state index contributed by atoms with van der Waals surface area (Å²) >= 11 is 0. The van der Waals surface area contributed by atoms with Gasteiger partial charge in [-0.1, -0.05) is 0 Å². The van der Waals surface area contributed by atoms with Crippen molar-refractivity contribution in [3.05, 3.63) is 118 Å². The van der Waals surface area contributed by atoms with Crippen LogP contribution in [-0.4, -0.2) is 44.3 Å². The number of ether oxygens (including phenoxy) is 1. The molecule has 0 bridgehead atoms. The summed E-state index contributed by atoms with van der Waals surface area (Å²) in [5.41, 5.74) is 0.763. The fourth-order valence-electron chi connectivity index (χ4n) is 4.44. The van der Waals surface area contributed by atoms with Crippen LogP contribution in [0.1, 0.15) is 23.1 Å². The molecule has 0 fully saturated rings. The maximum Gasteiger partial charge on any atom is 0.352 e. The predicted octanol–water partition coefficient (Wildman–Crippen LogP) is 3.21. The Kier molecular flexibility index (Phi) is 6.74. The highest BCUT2D eigenvalue weighted by Crippen LogP contribution is 2.30. The van der Waals surface area contributed by atoms with Crippen molar-refractivity contribution in [1.82, 2.24) is 38.5 Å². The Bertz CT molecular complexity index is 2060. The van der Waals surface area contributed by atoms with Crippen molar-refractivity contribution in [3.8, 4) is 28.4 Å². The van der Waals surface area contributed by atoms with Crippen LogP contribution in [0.15, 0.2) is 89.2 Å². The molecular formula is C29H23FN8O4. The molecule has 0 N–H and O–H groups in total. The lowest BCUT2D eigenvalue weighted by Crippen LogP contribution is -2.43. The molecule has 5 aromatic heterocycles. The minimum atomic E-state index is -0.890. The van der Waals surface area contributed by atoms with Crippen LogP contribution >= 0.6 is 0 Å². The number of benzene rings is 1. The number of ketones is 1. The summed E-state index contributed by atoms with van der Waals surface area (Å²) in [5, 5.41) is 8.32. The number of halogens is 1. The second-order valence-electron chi connectivity index (χ2n) is 9.43. The molecule has 210 valence electrons. The maximum absolute atomic E-state index is 13.4. The van der Waals surface area contributed by atoms with Crippen molar-refractivity contribution < 1.29 is 13.9 Å². The molecule has 0 saturated heterocycles. The second-order valence-corrected chi connectivity index (χ2v) is 9.43. The van der Waals surface area contributed by atoms with Gasteiger partial charge in [0.2, 0.25) is 0 Å². The molecule has 0 aliphatic carbocycles. The number of aryl methyl sites for hydroxylation is 2. The molecule has 0 spiro atoms.